The van der Waals surface area contributed by atoms with E-state index < -0.39 is 0 Å². The summed E-state index contributed by atoms with van der Waals surface area (Å²) in [6.45, 7) is 6.04. The quantitative estimate of drug-likeness (QED) is 0.743. The Kier molecular flexibility index (Phi) is 6.01. The van der Waals surface area contributed by atoms with Crippen molar-refractivity contribution in [3.63, 3.8) is 0 Å². The van der Waals surface area contributed by atoms with E-state index in [9.17, 15) is 0 Å². The highest BCUT2D eigenvalue weighted by Crippen LogP contribution is 2.30. The largest absolute Gasteiger partial charge is 0.314 e. The van der Waals surface area contributed by atoms with E-state index in [1.165, 1.54) is 70.8 Å². The van der Waals surface area contributed by atoms with Crippen molar-refractivity contribution in [2.45, 2.75) is 84.1 Å². The Morgan fingerprint density at radius 1 is 0.833 bits per heavy atom. The molecule has 18 heavy (non-hydrogen) atoms. The van der Waals surface area contributed by atoms with Crippen molar-refractivity contribution in [3.05, 3.63) is 0 Å². The van der Waals surface area contributed by atoms with Crippen molar-refractivity contribution in [1.29, 1.82) is 0 Å². The van der Waals surface area contributed by atoms with Gasteiger partial charge < -0.3 is 5.32 Å². The van der Waals surface area contributed by atoms with Gasteiger partial charge in [-0.15, -0.1) is 0 Å². The number of rotatable bonds is 5. The molecular formula is C17H33N. The van der Waals surface area contributed by atoms with E-state index in [1.807, 2.05) is 0 Å². The summed E-state index contributed by atoms with van der Waals surface area (Å²) in [7, 11) is 0. The summed E-state index contributed by atoms with van der Waals surface area (Å²) >= 11 is 0. The van der Waals surface area contributed by atoms with Crippen LogP contribution in [0.1, 0.15) is 78.1 Å². The first-order chi connectivity index (χ1) is 8.78. The van der Waals surface area contributed by atoms with Crippen molar-refractivity contribution in [2.75, 3.05) is 6.54 Å². The maximum Gasteiger partial charge on any atom is 0.00673 e. The van der Waals surface area contributed by atoms with Gasteiger partial charge in [-0.3, -0.25) is 0 Å². The summed E-state index contributed by atoms with van der Waals surface area (Å²) in [5.41, 5.74) is 0. The molecule has 2 rings (SSSR count). The first-order valence-corrected chi connectivity index (χ1v) is 8.51. The first kappa shape index (κ1) is 14.4. The summed E-state index contributed by atoms with van der Waals surface area (Å²) in [6, 6.07) is 0.845. The van der Waals surface area contributed by atoms with Crippen molar-refractivity contribution < 1.29 is 0 Å². The van der Waals surface area contributed by atoms with Crippen molar-refractivity contribution in [3.8, 4) is 0 Å². The molecule has 2 aliphatic carbocycles. The summed E-state index contributed by atoms with van der Waals surface area (Å²) in [4.78, 5) is 0. The second-order valence-corrected chi connectivity index (χ2v) is 7.04. The average Bonchev–Trinajstić information content (AvgIpc) is 2.40. The Labute approximate surface area is 114 Å². The summed E-state index contributed by atoms with van der Waals surface area (Å²) in [5.74, 6) is 3.02. The van der Waals surface area contributed by atoms with Crippen LogP contribution in [0.5, 0.6) is 0 Å². The van der Waals surface area contributed by atoms with Crippen LogP contribution in [0.15, 0.2) is 0 Å². The van der Waals surface area contributed by atoms with Gasteiger partial charge in [-0.25, -0.2) is 0 Å². The van der Waals surface area contributed by atoms with Crippen LogP contribution in [-0.4, -0.2) is 12.6 Å². The minimum Gasteiger partial charge on any atom is -0.314 e. The van der Waals surface area contributed by atoms with E-state index in [1.54, 1.807) is 0 Å². The van der Waals surface area contributed by atoms with Crippen molar-refractivity contribution in [2.24, 2.45) is 17.8 Å². The lowest BCUT2D eigenvalue weighted by atomic mass is 9.81. The second-order valence-electron chi connectivity index (χ2n) is 7.04. The molecule has 1 N–H and O–H groups in total. The summed E-state index contributed by atoms with van der Waals surface area (Å²) in [6.07, 6.45) is 14.6. The topological polar surface area (TPSA) is 12.0 Å². The van der Waals surface area contributed by atoms with Gasteiger partial charge in [0.05, 0.1) is 0 Å². The molecule has 0 heterocycles. The lowest BCUT2D eigenvalue weighted by molar-refractivity contribution is 0.241. The van der Waals surface area contributed by atoms with Crippen LogP contribution in [0.2, 0.25) is 0 Å². The molecule has 0 amide bonds. The van der Waals surface area contributed by atoms with Gasteiger partial charge in [0, 0.05) is 6.04 Å². The molecule has 106 valence electrons. The molecule has 0 aromatic heterocycles. The molecule has 0 spiro atoms. The summed E-state index contributed by atoms with van der Waals surface area (Å²) < 4.78 is 0. The molecule has 2 fully saturated rings. The van der Waals surface area contributed by atoms with Crippen molar-refractivity contribution in [1.82, 2.24) is 5.32 Å². The zero-order chi connectivity index (χ0) is 12.8. The van der Waals surface area contributed by atoms with Gasteiger partial charge in [0.1, 0.15) is 0 Å². The van der Waals surface area contributed by atoms with Gasteiger partial charge in [-0.1, -0.05) is 39.5 Å². The molecule has 0 bridgehead atoms. The van der Waals surface area contributed by atoms with Gasteiger partial charge in [-0.2, -0.15) is 0 Å². The van der Waals surface area contributed by atoms with Crippen LogP contribution in [0.25, 0.3) is 0 Å². The second kappa shape index (κ2) is 7.53. The Balaban J connectivity index is 1.57. The first-order valence-electron chi connectivity index (χ1n) is 8.51. The van der Waals surface area contributed by atoms with E-state index in [4.69, 9.17) is 0 Å². The van der Waals surface area contributed by atoms with Crippen LogP contribution in [-0.2, 0) is 0 Å². The van der Waals surface area contributed by atoms with E-state index >= 15 is 0 Å². The predicted octanol–water partition coefficient (Wildman–Crippen LogP) is 4.76. The van der Waals surface area contributed by atoms with Crippen LogP contribution >= 0.6 is 0 Å². The van der Waals surface area contributed by atoms with Crippen LogP contribution in [0, 0.1) is 17.8 Å². The Morgan fingerprint density at radius 3 is 2.06 bits per heavy atom. The highest BCUT2D eigenvalue weighted by atomic mass is 14.9. The maximum absolute atomic E-state index is 3.87. The molecule has 0 atom stereocenters. The van der Waals surface area contributed by atoms with Gasteiger partial charge in [0.15, 0.2) is 0 Å². The molecule has 0 unspecified atom stereocenters. The third-order valence-electron chi connectivity index (χ3n) is 5.37. The molecule has 0 aliphatic heterocycles. The van der Waals surface area contributed by atoms with E-state index in [-0.39, 0.29) is 0 Å². The number of hydrogen-bond acceptors (Lipinski definition) is 1. The normalized spacial score (nSPS) is 37.7. The zero-order valence-electron chi connectivity index (χ0n) is 12.6. The molecule has 1 heteroatoms. The minimum atomic E-state index is 0.845. The fraction of sp³-hybridized carbons (Fsp3) is 1.00. The Bertz CT molecular complexity index is 210. The van der Waals surface area contributed by atoms with E-state index in [0.717, 1.165) is 23.8 Å². The minimum absolute atomic E-state index is 0.845. The number of hydrogen-bond donors (Lipinski definition) is 1. The standard InChI is InChI=1S/C17H33N/c1-3-4-15-9-11-17(12-10-15)18-13-16-7-5-14(2)6-8-16/h14-18H,3-13H2,1-2H3. The SMILES string of the molecule is CCCC1CCC(NCC2CCC(C)CC2)CC1. The highest BCUT2D eigenvalue weighted by molar-refractivity contribution is 4.79. The Hall–Kier alpha value is -0.0400. The third kappa shape index (κ3) is 4.57. The molecule has 0 aromatic carbocycles. The maximum atomic E-state index is 3.87. The van der Waals surface area contributed by atoms with E-state index in [2.05, 4.69) is 19.2 Å². The fourth-order valence-electron chi connectivity index (χ4n) is 3.93. The summed E-state index contributed by atoms with van der Waals surface area (Å²) in [5, 5.41) is 3.87. The van der Waals surface area contributed by atoms with Crippen LogP contribution < -0.4 is 5.32 Å². The molecule has 2 aliphatic rings. The van der Waals surface area contributed by atoms with Crippen molar-refractivity contribution >= 4 is 0 Å². The van der Waals surface area contributed by atoms with Gasteiger partial charge >= 0.3 is 0 Å². The molecule has 0 saturated heterocycles. The number of nitrogens with one attached hydrogen (secondary N) is 1. The molecule has 2 saturated carbocycles. The van der Waals surface area contributed by atoms with Crippen LogP contribution in [0.4, 0.5) is 0 Å². The lowest BCUT2D eigenvalue weighted by Crippen LogP contribution is -2.37. The van der Waals surface area contributed by atoms with Crippen LogP contribution in [0.3, 0.4) is 0 Å². The fourth-order valence-corrected chi connectivity index (χ4v) is 3.93. The Morgan fingerprint density at radius 2 is 1.44 bits per heavy atom. The van der Waals surface area contributed by atoms with Gasteiger partial charge in [0.25, 0.3) is 0 Å². The zero-order valence-corrected chi connectivity index (χ0v) is 12.6. The molecular weight excluding hydrogens is 218 g/mol. The van der Waals surface area contributed by atoms with Gasteiger partial charge in [-0.05, 0) is 62.8 Å². The smallest absolute Gasteiger partial charge is 0.00673 e. The molecule has 1 nitrogen and oxygen atoms in total. The predicted molar refractivity (Wildman–Crippen MR) is 79.8 cm³/mol. The van der Waals surface area contributed by atoms with Gasteiger partial charge in [0.2, 0.25) is 0 Å². The molecule has 0 aromatic rings. The monoisotopic (exact) mass is 251 g/mol. The third-order valence-corrected chi connectivity index (χ3v) is 5.37. The molecule has 0 radical (unpaired) electrons. The lowest BCUT2D eigenvalue weighted by Gasteiger charge is -2.32. The highest BCUT2D eigenvalue weighted by Gasteiger charge is 2.22. The van der Waals surface area contributed by atoms with E-state index in [0.29, 0.717) is 0 Å². The average molecular weight is 251 g/mol.